The number of amides is 1. The summed E-state index contributed by atoms with van der Waals surface area (Å²) in [5, 5.41) is 3.22. The first-order chi connectivity index (χ1) is 20.1. The van der Waals surface area contributed by atoms with E-state index in [2.05, 4.69) is 5.32 Å². The van der Waals surface area contributed by atoms with Gasteiger partial charge in [-0.2, -0.15) is 13.2 Å². The highest BCUT2D eigenvalue weighted by Gasteiger charge is 2.50. The average molecular weight is 583 g/mol. The van der Waals surface area contributed by atoms with Crippen LogP contribution < -0.4 is 29.2 Å². The molecule has 2 atom stereocenters. The molecule has 1 aliphatic carbocycles. The molecule has 1 N–H and O–H groups in total. The van der Waals surface area contributed by atoms with Crippen molar-refractivity contribution < 1.29 is 41.7 Å². The molecule has 5 rings (SSSR count). The van der Waals surface area contributed by atoms with Crippen molar-refractivity contribution >= 4 is 23.1 Å². The molecule has 1 heterocycles. The second-order valence-electron chi connectivity index (χ2n) is 9.87. The lowest BCUT2D eigenvalue weighted by molar-refractivity contribution is -0.170. The van der Waals surface area contributed by atoms with Crippen molar-refractivity contribution in [2.45, 2.75) is 31.0 Å². The van der Waals surface area contributed by atoms with Crippen molar-refractivity contribution in [2.75, 3.05) is 38.7 Å². The first-order valence-corrected chi connectivity index (χ1v) is 13.1. The van der Waals surface area contributed by atoms with Crippen LogP contribution in [0.1, 0.15) is 35.9 Å². The first-order valence-electron chi connectivity index (χ1n) is 13.1. The Labute approximate surface area is 240 Å². The monoisotopic (exact) mass is 582 g/mol. The molecule has 0 radical (unpaired) electrons. The third-order valence-electron chi connectivity index (χ3n) is 7.54. The lowest BCUT2D eigenvalue weighted by Gasteiger charge is -2.35. The summed E-state index contributed by atoms with van der Waals surface area (Å²) in [6, 6.07) is 15.0. The Morgan fingerprint density at radius 1 is 0.857 bits per heavy atom. The number of ketones is 1. The van der Waals surface area contributed by atoms with Crippen LogP contribution in [0.15, 0.2) is 71.9 Å². The number of methoxy groups -OCH3 is 4. The van der Waals surface area contributed by atoms with Crippen LogP contribution in [0.25, 0.3) is 0 Å². The number of carbonyl (C=O) groups excluding carboxylic acids is 2. The Kier molecular flexibility index (Phi) is 7.77. The molecule has 0 spiro atoms. The molecule has 0 unspecified atom stereocenters. The third-order valence-corrected chi connectivity index (χ3v) is 7.54. The largest absolute Gasteiger partial charge is 0.497 e. The fourth-order valence-corrected chi connectivity index (χ4v) is 5.64. The van der Waals surface area contributed by atoms with Gasteiger partial charge in [-0.3, -0.25) is 14.5 Å². The van der Waals surface area contributed by atoms with Gasteiger partial charge in [0.15, 0.2) is 17.3 Å². The number of carbonyl (C=O) groups is 2. The van der Waals surface area contributed by atoms with E-state index in [1.54, 1.807) is 31.4 Å². The number of para-hydroxylation sites is 2. The summed E-state index contributed by atoms with van der Waals surface area (Å²) in [7, 11) is 5.70. The van der Waals surface area contributed by atoms with Gasteiger partial charge in [-0.1, -0.05) is 24.3 Å². The maximum Gasteiger partial charge on any atom is 0.471 e. The molecule has 0 saturated carbocycles. The highest BCUT2D eigenvalue weighted by molar-refractivity contribution is 6.07. The van der Waals surface area contributed by atoms with Crippen LogP contribution in [0.5, 0.6) is 23.0 Å². The number of allylic oxidation sites excluding steroid dienone is 1. The van der Waals surface area contributed by atoms with E-state index in [0.29, 0.717) is 22.8 Å². The summed E-state index contributed by atoms with van der Waals surface area (Å²) in [4.78, 5) is 27.9. The minimum Gasteiger partial charge on any atom is -0.497 e. The van der Waals surface area contributed by atoms with Gasteiger partial charge < -0.3 is 24.3 Å². The van der Waals surface area contributed by atoms with Crippen LogP contribution in [-0.2, 0) is 9.59 Å². The normalized spacial score (nSPS) is 18.4. The molecule has 3 aromatic rings. The number of ether oxygens (including phenoxy) is 4. The Balaban J connectivity index is 1.76. The molecule has 1 amide bonds. The molecule has 8 nitrogen and oxygen atoms in total. The minimum absolute atomic E-state index is 0.0260. The number of hydrogen-bond acceptors (Lipinski definition) is 7. The van der Waals surface area contributed by atoms with Crippen LogP contribution in [0.3, 0.4) is 0 Å². The molecule has 3 aromatic carbocycles. The van der Waals surface area contributed by atoms with E-state index in [-0.39, 0.29) is 52.1 Å². The van der Waals surface area contributed by atoms with Crippen molar-refractivity contribution in [1.82, 2.24) is 0 Å². The van der Waals surface area contributed by atoms with E-state index < -0.39 is 23.9 Å². The molecular weight excluding hydrogens is 553 g/mol. The maximum atomic E-state index is 14.2. The highest BCUT2D eigenvalue weighted by Crippen LogP contribution is 2.50. The number of fused-ring (bicyclic) bond motifs is 1. The van der Waals surface area contributed by atoms with Gasteiger partial charge in [0.2, 0.25) is 5.75 Å². The number of benzene rings is 3. The topological polar surface area (TPSA) is 86.3 Å². The summed E-state index contributed by atoms with van der Waals surface area (Å²) < 4.78 is 64.3. The van der Waals surface area contributed by atoms with E-state index in [1.807, 2.05) is 12.1 Å². The van der Waals surface area contributed by atoms with Crippen molar-refractivity contribution in [3.8, 4) is 23.0 Å². The van der Waals surface area contributed by atoms with Crippen molar-refractivity contribution in [2.24, 2.45) is 0 Å². The zero-order chi connectivity index (χ0) is 30.2. The van der Waals surface area contributed by atoms with E-state index in [1.165, 1.54) is 45.6 Å². The molecule has 1 aliphatic heterocycles. The van der Waals surface area contributed by atoms with Gasteiger partial charge >= 0.3 is 12.1 Å². The summed E-state index contributed by atoms with van der Waals surface area (Å²) in [5.74, 6) is -1.56. The lowest BCUT2D eigenvalue weighted by Crippen LogP contribution is -2.45. The number of hydrogen-bond donors (Lipinski definition) is 1. The van der Waals surface area contributed by atoms with E-state index >= 15 is 0 Å². The van der Waals surface area contributed by atoms with E-state index in [9.17, 15) is 22.8 Å². The third kappa shape index (κ3) is 5.10. The van der Waals surface area contributed by atoms with Gasteiger partial charge in [-0.15, -0.1) is 0 Å². The Bertz CT molecular complexity index is 1530. The molecule has 11 heteroatoms. The molecule has 0 fully saturated rings. The summed E-state index contributed by atoms with van der Waals surface area (Å²) in [5.41, 5.74) is 1.79. The van der Waals surface area contributed by atoms with Crippen molar-refractivity contribution in [3.05, 3.63) is 83.1 Å². The van der Waals surface area contributed by atoms with Gasteiger partial charge in [0.05, 0.1) is 45.9 Å². The minimum atomic E-state index is -5.24. The van der Waals surface area contributed by atoms with Gasteiger partial charge in [0, 0.05) is 17.7 Å². The van der Waals surface area contributed by atoms with Crippen LogP contribution in [0, 0.1) is 0 Å². The average Bonchev–Trinajstić information content (AvgIpc) is 3.14. The van der Waals surface area contributed by atoms with E-state index in [0.717, 1.165) is 5.56 Å². The molecule has 0 saturated heterocycles. The predicted molar refractivity (Wildman–Crippen MR) is 149 cm³/mol. The van der Waals surface area contributed by atoms with Gasteiger partial charge in [0.25, 0.3) is 0 Å². The highest BCUT2D eigenvalue weighted by atomic mass is 19.4. The molecule has 2 aliphatic rings. The number of alkyl halides is 3. The Morgan fingerprint density at radius 2 is 1.50 bits per heavy atom. The lowest BCUT2D eigenvalue weighted by atomic mass is 9.78. The van der Waals surface area contributed by atoms with Crippen LogP contribution >= 0.6 is 0 Å². The maximum absolute atomic E-state index is 14.2. The first kappa shape index (κ1) is 28.8. The number of rotatable bonds is 6. The molecule has 220 valence electrons. The SMILES string of the molecule is COc1ccc([C@@H]2CC(=O)C3=C(C2)Nc2ccccc2N(C(=O)C(F)(F)F)[C@@H]3c2cc(OC)c(OC)c(OC)c2)cc1. The molecule has 0 bridgehead atoms. The quantitative estimate of drug-likeness (QED) is 0.371. The Morgan fingerprint density at radius 3 is 2.07 bits per heavy atom. The zero-order valence-corrected chi connectivity index (χ0v) is 23.4. The molecule has 0 aromatic heterocycles. The number of nitrogens with zero attached hydrogens (tertiary/aromatic N) is 1. The zero-order valence-electron chi connectivity index (χ0n) is 23.4. The smallest absolute Gasteiger partial charge is 0.471 e. The van der Waals surface area contributed by atoms with Gasteiger partial charge in [-0.25, -0.2) is 0 Å². The summed E-state index contributed by atoms with van der Waals surface area (Å²) in [6.07, 6.45) is -4.89. The second-order valence-corrected chi connectivity index (χ2v) is 9.87. The van der Waals surface area contributed by atoms with Gasteiger partial charge in [0.1, 0.15) is 5.75 Å². The fourth-order valence-electron chi connectivity index (χ4n) is 5.64. The number of nitrogens with one attached hydrogen (secondary N) is 1. The van der Waals surface area contributed by atoms with Crippen LogP contribution in [-0.4, -0.2) is 46.3 Å². The summed E-state index contributed by atoms with van der Waals surface area (Å²) in [6.45, 7) is 0. The predicted octanol–water partition coefficient (Wildman–Crippen LogP) is 6.18. The molecule has 42 heavy (non-hydrogen) atoms. The second kappa shape index (κ2) is 11.3. The van der Waals surface area contributed by atoms with E-state index in [4.69, 9.17) is 18.9 Å². The standard InChI is InChI=1S/C31H29F3N2O6/c1-39-20-11-9-17(10-12-20)18-13-22-27(24(37)14-18)28(19-15-25(40-2)29(42-4)26(16-19)41-3)36(30(38)31(32,33)34)23-8-6-5-7-21(23)35-22/h5-12,15-16,18,28,35H,13-14H2,1-4H3/t18-,28+/m0/s1. The number of halogens is 3. The molecular formula is C31H29F3N2O6. The van der Waals surface area contributed by atoms with Crippen molar-refractivity contribution in [3.63, 3.8) is 0 Å². The van der Waals surface area contributed by atoms with Crippen LogP contribution in [0.2, 0.25) is 0 Å². The summed E-state index contributed by atoms with van der Waals surface area (Å²) >= 11 is 0. The van der Waals surface area contributed by atoms with Crippen molar-refractivity contribution in [1.29, 1.82) is 0 Å². The van der Waals surface area contributed by atoms with Crippen LogP contribution in [0.4, 0.5) is 24.5 Å². The number of Topliss-reactive ketones (excluding diaryl/α,β-unsaturated/α-hetero) is 1. The fraction of sp³-hybridized carbons (Fsp3) is 0.290. The number of anilines is 2. The van der Waals surface area contributed by atoms with Gasteiger partial charge in [-0.05, 0) is 59.9 Å². The Hall–Kier alpha value is -4.67.